The number of hydrogen-bond acceptors (Lipinski definition) is 1. The second kappa shape index (κ2) is 4.33. The zero-order chi connectivity index (χ0) is 12.0. The van der Waals surface area contributed by atoms with Gasteiger partial charge in [0, 0.05) is 0 Å². The van der Waals surface area contributed by atoms with E-state index in [1.807, 2.05) is 0 Å². The Labute approximate surface area is 106 Å². The first-order chi connectivity index (χ1) is 8.26. The van der Waals surface area contributed by atoms with E-state index < -0.39 is 0 Å². The van der Waals surface area contributed by atoms with Crippen LogP contribution in [0.2, 0.25) is 0 Å². The monoisotopic (exact) mass is 234 g/mol. The number of ether oxygens (including phenoxy) is 1. The summed E-state index contributed by atoms with van der Waals surface area (Å²) in [7, 11) is 0. The summed E-state index contributed by atoms with van der Waals surface area (Å²) in [6.45, 7) is 9.49. The number of hydrogen-bond donors (Lipinski definition) is 0. The third-order valence-electron chi connectivity index (χ3n) is 6.10. The normalized spacial score (nSPS) is 51.5. The van der Waals surface area contributed by atoms with Gasteiger partial charge in [-0.1, -0.05) is 26.8 Å². The molecule has 17 heavy (non-hydrogen) atoms. The molecule has 7 unspecified atom stereocenters. The molecule has 3 aliphatic carbocycles. The van der Waals surface area contributed by atoms with Crippen LogP contribution in [0.4, 0.5) is 0 Å². The molecular weight excluding hydrogens is 208 g/mol. The highest BCUT2D eigenvalue weighted by molar-refractivity contribution is 5.07. The topological polar surface area (TPSA) is 9.23 Å². The fourth-order valence-corrected chi connectivity index (χ4v) is 5.70. The summed E-state index contributed by atoms with van der Waals surface area (Å²) in [6.07, 6.45) is 7.46. The zero-order valence-corrected chi connectivity index (χ0v) is 11.3. The average Bonchev–Trinajstić information content (AvgIpc) is 2.97. The van der Waals surface area contributed by atoms with E-state index >= 15 is 0 Å². The molecule has 0 radical (unpaired) electrons. The average molecular weight is 234 g/mol. The lowest BCUT2D eigenvalue weighted by Crippen LogP contribution is -2.31. The molecule has 0 aromatic heterocycles. The van der Waals surface area contributed by atoms with E-state index in [1.54, 1.807) is 6.26 Å². The Kier molecular flexibility index (Phi) is 2.96. The van der Waals surface area contributed by atoms with Gasteiger partial charge in [0.15, 0.2) is 0 Å². The lowest BCUT2D eigenvalue weighted by molar-refractivity contribution is 0.0858. The Morgan fingerprint density at radius 2 is 2.00 bits per heavy atom. The van der Waals surface area contributed by atoms with Crippen LogP contribution in [0.3, 0.4) is 0 Å². The van der Waals surface area contributed by atoms with Crippen LogP contribution < -0.4 is 0 Å². The molecule has 0 spiro atoms. The first kappa shape index (κ1) is 11.6. The lowest BCUT2D eigenvalue weighted by Gasteiger charge is -2.34. The third-order valence-corrected chi connectivity index (χ3v) is 6.10. The van der Waals surface area contributed by atoms with Gasteiger partial charge in [0.1, 0.15) is 0 Å². The van der Waals surface area contributed by atoms with Crippen LogP contribution in [-0.2, 0) is 4.74 Å². The number of rotatable bonds is 4. The van der Waals surface area contributed by atoms with Gasteiger partial charge in [-0.3, -0.25) is 0 Å². The van der Waals surface area contributed by atoms with Crippen molar-refractivity contribution >= 4 is 0 Å². The molecular formula is C16H26O. The molecule has 3 rings (SSSR count). The summed E-state index contributed by atoms with van der Waals surface area (Å²) in [5.41, 5.74) is 0. The van der Waals surface area contributed by atoms with E-state index in [0.29, 0.717) is 0 Å². The lowest BCUT2D eigenvalue weighted by atomic mass is 9.71. The molecule has 0 amide bonds. The van der Waals surface area contributed by atoms with Gasteiger partial charge >= 0.3 is 0 Å². The van der Waals surface area contributed by atoms with Crippen molar-refractivity contribution in [3.8, 4) is 0 Å². The molecule has 0 aromatic rings. The van der Waals surface area contributed by atoms with Crippen LogP contribution in [-0.4, -0.2) is 6.61 Å². The predicted octanol–water partition coefficient (Wildman–Crippen LogP) is 4.10. The molecule has 0 aromatic carbocycles. The minimum Gasteiger partial charge on any atom is -0.502 e. The van der Waals surface area contributed by atoms with Crippen LogP contribution in [0.5, 0.6) is 0 Å². The van der Waals surface area contributed by atoms with E-state index in [2.05, 4.69) is 20.4 Å². The first-order valence-corrected chi connectivity index (χ1v) is 7.48. The Hall–Kier alpha value is -0.460. The van der Waals surface area contributed by atoms with Gasteiger partial charge in [0.05, 0.1) is 12.9 Å². The smallest absolute Gasteiger partial charge is 0.0903 e. The predicted molar refractivity (Wildman–Crippen MR) is 70.4 cm³/mol. The van der Waals surface area contributed by atoms with Gasteiger partial charge in [-0.2, -0.15) is 0 Å². The van der Waals surface area contributed by atoms with Gasteiger partial charge in [-0.05, 0) is 60.7 Å². The molecule has 96 valence electrons. The van der Waals surface area contributed by atoms with Gasteiger partial charge in [0.2, 0.25) is 0 Å². The molecule has 2 bridgehead atoms. The van der Waals surface area contributed by atoms with E-state index in [4.69, 9.17) is 4.74 Å². The highest BCUT2D eigenvalue weighted by Crippen LogP contribution is 2.64. The van der Waals surface area contributed by atoms with Crippen molar-refractivity contribution < 1.29 is 4.74 Å². The molecule has 7 atom stereocenters. The minimum absolute atomic E-state index is 0.831. The maximum Gasteiger partial charge on any atom is 0.0903 e. The summed E-state index contributed by atoms with van der Waals surface area (Å²) < 4.78 is 5.47. The maximum absolute atomic E-state index is 5.47. The zero-order valence-electron chi connectivity index (χ0n) is 11.3. The second-order valence-corrected chi connectivity index (χ2v) is 6.69. The van der Waals surface area contributed by atoms with Gasteiger partial charge < -0.3 is 4.74 Å². The summed E-state index contributed by atoms with van der Waals surface area (Å²) in [4.78, 5) is 0. The van der Waals surface area contributed by atoms with Crippen molar-refractivity contribution in [1.82, 2.24) is 0 Å². The van der Waals surface area contributed by atoms with Gasteiger partial charge in [-0.15, -0.1) is 0 Å². The fraction of sp³-hybridized carbons (Fsp3) is 0.875. The Bertz CT molecular complexity index is 298. The SMILES string of the molecule is C=COCC1CC2CC1C1C(C)CC(CC)C21. The van der Waals surface area contributed by atoms with E-state index in [9.17, 15) is 0 Å². The molecule has 3 saturated carbocycles. The van der Waals surface area contributed by atoms with E-state index in [-0.39, 0.29) is 0 Å². The standard InChI is InChI=1S/C16H26O/c1-4-11-6-10(3)15-14-8-12(16(11)15)7-13(14)9-17-5-2/h5,10-16H,2,4,6-9H2,1,3H3. The molecule has 3 fully saturated rings. The Morgan fingerprint density at radius 3 is 2.71 bits per heavy atom. The molecule has 3 aliphatic rings. The summed E-state index contributed by atoms with van der Waals surface area (Å²) in [5.74, 6) is 6.92. The number of fused-ring (bicyclic) bond motifs is 5. The van der Waals surface area contributed by atoms with Crippen molar-refractivity contribution in [2.45, 2.75) is 39.5 Å². The van der Waals surface area contributed by atoms with Crippen molar-refractivity contribution in [3.63, 3.8) is 0 Å². The fourth-order valence-electron chi connectivity index (χ4n) is 5.70. The van der Waals surface area contributed by atoms with Crippen LogP contribution in [0.1, 0.15) is 39.5 Å². The van der Waals surface area contributed by atoms with Crippen LogP contribution in [0.25, 0.3) is 0 Å². The van der Waals surface area contributed by atoms with E-state index in [0.717, 1.165) is 48.0 Å². The molecule has 0 N–H and O–H groups in total. The Balaban J connectivity index is 1.73. The van der Waals surface area contributed by atoms with Gasteiger partial charge in [0.25, 0.3) is 0 Å². The Morgan fingerprint density at radius 1 is 1.18 bits per heavy atom. The third kappa shape index (κ3) is 1.65. The minimum atomic E-state index is 0.831. The maximum atomic E-state index is 5.47. The molecule has 1 nitrogen and oxygen atoms in total. The van der Waals surface area contributed by atoms with Crippen molar-refractivity contribution in [1.29, 1.82) is 0 Å². The molecule has 0 heterocycles. The van der Waals surface area contributed by atoms with Crippen LogP contribution in [0, 0.1) is 41.4 Å². The summed E-state index contributed by atoms with van der Waals surface area (Å²) >= 11 is 0. The van der Waals surface area contributed by atoms with Crippen LogP contribution in [0.15, 0.2) is 12.8 Å². The summed E-state index contributed by atoms with van der Waals surface area (Å²) in [6, 6.07) is 0. The van der Waals surface area contributed by atoms with E-state index in [1.165, 1.54) is 25.7 Å². The molecule has 0 aliphatic heterocycles. The molecule has 0 saturated heterocycles. The molecule has 1 heteroatoms. The van der Waals surface area contributed by atoms with Crippen molar-refractivity contribution in [3.05, 3.63) is 12.8 Å². The van der Waals surface area contributed by atoms with Gasteiger partial charge in [-0.25, -0.2) is 0 Å². The highest BCUT2D eigenvalue weighted by atomic mass is 16.5. The largest absolute Gasteiger partial charge is 0.502 e. The second-order valence-electron chi connectivity index (χ2n) is 6.69. The highest BCUT2D eigenvalue weighted by Gasteiger charge is 2.58. The first-order valence-electron chi connectivity index (χ1n) is 7.48. The summed E-state index contributed by atoms with van der Waals surface area (Å²) in [5, 5.41) is 0. The van der Waals surface area contributed by atoms with Crippen molar-refractivity contribution in [2.24, 2.45) is 41.4 Å². The van der Waals surface area contributed by atoms with Crippen molar-refractivity contribution in [2.75, 3.05) is 6.61 Å². The quantitative estimate of drug-likeness (QED) is 0.665. The van der Waals surface area contributed by atoms with Crippen LogP contribution >= 0.6 is 0 Å².